The first-order valence-corrected chi connectivity index (χ1v) is 4.55. The molecule has 0 saturated carbocycles. The molecule has 1 aromatic rings. The lowest BCUT2D eigenvalue weighted by Crippen LogP contribution is -2.25. The molecule has 0 radical (unpaired) electrons. The highest BCUT2D eigenvalue weighted by molar-refractivity contribution is 6.05. The summed E-state index contributed by atoms with van der Waals surface area (Å²) in [5.74, 6) is -0.459. The lowest BCUT2D eigenvalue weighted by atomic mass is 9.98. The van der Waals surface area contributed by atoms with E-state index in [9.17, 15) is 9.59 Å². The number of likely N-dealkylation sites (N-methyl/N-ethyl adjacent to an activating group) is 1. The van der Waals surface area contributed by atoms with Crippen molar-refractivity contribution in [3.05, 3.63) is 35.9 Å². The van der Waals surface area contributed by atoms with Crippen LogP contribution in [0.1, 0.15) is 17.9 Å². The fourth-order valence-corrected chi connectivity index (χ4v) is 1.70. The smallest absolute Gasteiger partial charge is 0.236 e. The van der Waals surface area contributed by atoms with Crippen LogP contribution in [0.4, 0.5) is 0 Å². The molecule has 1 saturated heterocycles. The molecule has 2 rings (SSSR count). The Bertz CT molecular complexity index is 372. The van der Waals surface area contributed by atoms with E-state index in [1.54, 1.807) is 0 Å². The predicted molar refractivity (Wildman–Crippen MR) is 51.6 cm³/mol. The topological polar surface area (TPSA) is 37.4 Å². The Hall–Kier alpha value is -1.64. The van der Waals surface area contributed by atoms with Crippen LogP contribution in [0, 0.1) is 0 Å². The Kier molecular flexibility index (Phi) is 2.08. The number of carbonyl (C=O) groups excluding carboxylic acids is 2. The number of benzene rings is 1. The van der Waals surface area contributed by atoms with Gasteiger partial charge in [-0.15, -0.1) is 0 Å². The standard InChI is InChI=1S/C11H11NO2/c1-12-10(13)7-9(11(12)14)8-5-3-2-4-6-8/h2-6,9H,7H2,1H3/t9-/m0/s1. The summed E-state index contributed by atoms with van der Waals surface area (Å²) in [5.41, 5.74) is 0.926. The van der Waals surface area contributed by atoms with Gasteiger partial charge in [0, 0.05) is 13.5 Å². The minimum Gasteiger partial charge on any atom is -0.285 e. The van der Waals surface area contributed by atoms with Gasteiger partial charge in [0.1, 0.15) is 0 Å². The minimum atomic E-state index is -0.270. The summed E-state index contributed by atoms with van der Waals surface area (Å²) in [7, 11) is 1.54. The molecule has 1 fully saturated rings. The van der Waals surface area contributed by atoms with Gasteiger partial charge in [0.25, 0.3) is 0 Å². The second-order valence-corrected chi connectivity index (χ2v) is 3.46. The third-order valence-electron chi connectivity index (χ3n) is 2.58. The summed E-state index contributed by atoms with van der Waals surface area (Å²) in [6.07, 6.45) is 0.305. The van der Waals surface area contributed by atoms with Crippen molar-refractivity contribution in [3.8, 4) is 0 Å². The molecule has 1 aliphatic heterocycles. The third kappa shape index (κ3) is 1.31. The molecular formula is C11H11NO2. The second kappa shape index (κ2) is 3.25. The van der Waals surface area contributed by atoms with E-state index >= 15 is 0 Å². The van der Waals surface area contributed by atoms with E-state index in [2.05, 4.69) is 0 Å². The summed E-state index contributed by atoms with van der Waals surface area (Å²) >= 11 is 0. The van der Waals surface area contributed by atoms with Gasteiger partial charge >= 0.3 is 0 Å². The Labute approximate surface area is 82.3 Å². The van der Waals surface area contributed by atoms with Crippen LogP contribution in [0.3, 0.4) is 0 Å². The molecular weight excluding hydrogens is 178 g/mol. The highest BCUT2D eigenvalue weighted by Gasteiger charge is 2.36. The van der Waals surface area contributed by atoms with Gasteiger partial charge < -0.3 is 0 Å². The van der Waals surface area contributed by atoms with Gasteiger partial charge in [-0.2, -0.15) is 0 Å². The van der Waals surface area contributed by atoms with Crippen molar-refractivity contribution in [1.82, 2.24) is 4.90 Å². The highest BCUT2D eigenvalue weighted by Crippen LogP contribution is 2.27. The average molecular weight is 189 g/mol. The summed E-state index contributed by atoms with van der Waals surface area (Å²) in [6.45, 7) is 0. The molecule has 2 amide bonds. The molecule has 1 aromatic carbocycles. The molecule has 14 heavy (non-hydrogen) atoms. The van der Waals surface area contributed by atoms with Crippen LogP contribution in [0.25, 0.3) is 0 Å². The molecule has 3 nitrogen and oxygen atoms in total. The number of carbonyl (C=O) groups is 2. The van der Waals surface area contributed by atoms with Gasteiger partial charge in [-0.05, 0) is 5.56 Å². The quantitative estimate of drug-likeness (QED) is 0.622. The number of imide groups is 1. The molecule has 0 spiro atoms. The summed E-state index contributed by atoms with van der Waals surface area (Å²) in [4.78, 5) is 24.1. The molecule has 0 aliphatic carbocycles. The first-order chi connectivity index (χ1) is 6.70. The van der Waals surface area contributed by atoms with Crippen LogP contribution >= 0.6 is 0 Å². The fraction of sp³-hybridized carbons (Fsp3) is 0.273. The largest absolute Gasteiger partial charge is 0.285 e. The molecule has 0 N–H and O–H groups in total. The Morgan fingerprint density at radius 1 is 1.21 bits per heavy atom. The molecule has 0 bridgehead atoms. The van der Waals surface area contributed by atoms with Crippen LogP contribution < -0.4 is 0 Å². The highest BCUT2D eigenvalue weighted by atomic mass is 16.2. The van der Waals surface area contributed by atoms with E-state index in [1.165, 1.54) is 11.9 Å². The molecule has 72 valence electrons. The van der Waals surface area contributed by atoms with Crippen molar-refractivity contribution >= 4 is 11.8 Å². The molecule has 1 atom stereocenters. The summed E-state index contributed by atoms with van der Waals surface area (Å²) in [6, 6.07) is 9.43. The number of hydrogen-bond donors (Lipinski definition) is 0. The first-order valence-electron chi connectivity index (χ1n) is 4.55. The van der Waals surface area contributed by atoms with Crippen LogP contribution in [-0.4, -0.2) is 23.8 Å². The number of likely N-dealkylation sites (tertiary alicyclic amines) is 1. The third-order valence-corrected chi connectivity index (χ3v) is 2.58. The van der Waals surface area contributed by atoms with Crippen LogP contribution in [-0.2, 0) is 9.59 Å². The van der Waals surface area contributed by atoms with Gasteiger partial charge in [-0.3, -0.25) is 14.5 Å². The van der Waals surface area contributed by atoms with Crippen LogP contribution in [0.15, 0.2) is 30.3 Å². The van der Waals surface area contributed by atoms with Crippen molar-refractivity contribution < 1.29 is 9.59 Å². The van der Waals surface area contributed by atoms with E-state index < -0.39 is 0 Å². The van der Waals surface area contributed by atoms with E-state index in [0.29, 0.717) is 6.42 Å². The SMILES string of the molecule is CN1C(=O)C[C@@H](c2ccccc2)C1=O. The van der Waals surface area contributed by atoms with Gasteiger partial charge in [0.05, 0.1) is 5.92 Å². The number of amides is 2. The van der Waals surface area contributed by atoms with E-state index in [1.807, 2.05) is 30.3 Å². The van der Waals surface area contributed by atoms with Crippen LogP contribution in [0.2, 0.25) is 0 Å². The van der Waals surface area contributed by atoms with Gasteiger partial charge in [-0.25, -0.2) is 0 Å². The van der Waals surface area contributed by atoms with Crippen molar-refractivity contribution in [1.29, 1.82) is 0 Å². The van der Waals surface area contributed by atoms with Gasteiger partial charge in [-0.1, -0.05) is 30.3 Å². The lowest BCUT2D eigenvalue weighted by Gasteiger charge is -2.08. The number of rotatable bonds is 1. The Morgan fingerprint density at radius 3 is 2.36 bits per heavy atom. The average Bonchev–Trinajstić information content (AvgIpc) is 2.47. The second-order valence-electron chi connectivity index (χ2n) is 3.46. The molecule has 0 aromatic heterocycles. The molecule has 1 aliphatic rings. The van der Waals surface area contributed by atoms with Gasteiger partial charge in [0.2, 0.25) is 11.8 Å². The van der Waals surface area contributed by atoms with Crippen molar-refractivity contribution in [3.63, 3.8) is 0 Å². The zero-order chi connectivity index (χ0) is 10.1. The Morgan fingerprint density at radius 2 is 1.86 bits per heavy atom. The Balaban J connectivity index is 2.30. The molecule has 1 heterocycles. The normalized spacial score (nSPS) is 21.8. The van der Waals surface area contributed by atoms with Crippen LogP contribution in [0.5, 0.6) is 0 Å². The zero-order valence-corrected chi connectivity index (χ0v) is 7.93. The number of nitrogens with zero attached hydrogens (tertiary/aromatic N) is 1. The fourth-order valence-electron chi connectivity index (χ4n) is 1.70. The van der Waals surface area contributed by atoms with E-state index in [-0.39, 0.29) is 17.7 Å². The van der Waals surface area contributed by atoms with E-state index in [0.717, 1.165) is 5.56 Å². The maximum Gasteiger partial charge on any atom is 0.236 e. The number of hydrogen-bond acceptors (Lipinski definition) is 2. The molecule has 3 heteroatoms. The predicted octanol–water partition coefficient (Wildman–Crippen LogP) is 1.16. The van der Waals surface area contributed by atoms with Crippen molar-refractivity contribution in [2.45, 2.75) is 12.3 Å². The lowest BCUT2D eigenvalue weighted by molar-refractivity contribution is -0.137. The maximum atomic E-state index is 11.6. The van der Waals surface area contributed by atoms with Crippen molar-refractivity contribution in [2.24, 2.45) is 0 Å². The zero-order valence-electron chi connectivity index (χ0n) is 7.93. The summed E-state index contributed by atoms with van der Waals surface area (Å²) < 4.78 is 0. The molecule has 0 unspecified atom stereocenters. The maximum absolute atomic E-state index is 11.6. The minimum absolute atomic E-state index is 0.0937. The first kappa shape index (κ1) is 8.94. The van der Waals surface area contributed by atoms with Crippen molar-refractivity contribution in [2.75, 3.05) is 7.05 Å². The van der Waals surface area contributed by atoms with E-state index in [4.69, 9.17) is 0 Å². The summed E-state index contributed by atoms with van der Waals surface area (Å²) in [5, 5.41) is 0. The van der Waals surface area contributed by atoms with Gasteiger partial charge in [0.15, 0.2) is 0 Å². The monoisotopic (exact) mass is 189 g/mol.